The molecule has 0 atom stereocenters. The molecule has 0 saturated carbocycles. The van der Waals surface area contributed by atoms with Gasteiger partial charge in [0.05, 0.1) is 5.56 Å². The van der Waals surface area contributed by atoms with E-state index < -0.39 is 18.1 Å². The fourth-order valence-electron chi connectivity index (χ4n) is 1.74. The SMILES string of the molecule is O=C(O)c1ccc2cc(CCNC(=O)C(F)(F)F)oc2c1. The molecule has 1 aromatic heterocycles. The second-order valence-corrected chi connectivity index (χ2v) is 4.27. The van der Waals surface area contributed by atoms with Crippen molar-refractivity contribution < 1.29 is 32.3 Å². The van der Waals surface area contributed by atoms with Crippen molar-refractivity contribution in [3.63, 3.8) is 0 Å². The summed E-state index contributed by atoms with van der Waals surface area (Å²) in [7, 11) is 0. The van der Waals surface area contributed by atoms with Crippen molar-refractivity contribution in [3.8, 4) is 0 Å². The molecule has 0 aliphatic carbocycles. The molecular weight excluding hydrogens is 291 g/mol. The van der Waals surface area contributed by atoms with Crippen LogP contribution in [0.4, 0.5) is 13.2 Å². The average molecular weight is 301 g/mol. The topological polar surface area (TPSA) is 79.5 Å². The number of carboxylic acid groups (broad SMARTS) is 1. The molecule has 0 radical (unpaired) electrons. The van der Waals surface area contributed by atoms with Crippen LogP contribution in [0.15, 0.2) is 28.7 Å². The van der Waals surface area contributed by atoms with Gasteiger partial charge in [0, 0.05) is 18.4 Å². The van der Waals surface area contributed by atoms with Crippen LogP contribution in [0.25, 0.3) is 11.0 Å². The largest absolute Gasteiger partial charge is 0.478 e. The van der Waals surface area contributed by atoms with Gasteiger partial charge in [0.2, 0.25) is 0 Å². The number of halogens is 3. The molecule has 8 heteroatoms. The summed E-state index contributed by atoms with van der Waals surface area (Å²) in [5.41, 5.74) is 0.376. The van der Waals surface area contributed by atoms with Crippen molar-refractivity contribution >= 4 is 22.8 Å². The first-order valence-corrected chi connectivity index (χ1v) is 5.88. The van der Waals surface area contributed by atoms with Crippen LogP contribution in [-0.4, -0.2) is 29.7 Å². The minimum atomic E-state index is -4.91. The Labute approximate surface area is 116 Å². The molecule has 21 heavy (non-hydrogen) atoms. The summed E-state index contributed by atoms with van der Waals surface area (Å²) >= 11 is 0. The molecule has 0 bridgehead atoms. The van der Waals surface area contributed by atoms with E-state index in [-0.39, 0.29) is 18.5 Å². The third-order valence-electron chi connectivity index (χ3n) is 2.73. The smallest absolute Gasteiger partial charge is 0.471 e. The Morgan fingerprint density at radius 3 is 2.57 bits per heavy atom. The molecule has 0 saturated heterocycles. The first kappa shape index (κ1) is 14.9. The second kappa shape index (κ2) is 5.47. The maximum atomic E-state index is 12.0. The standard InChI is InChI=1S/C13H10F3NO4/c14-13(15,16)12(20)17-4-3-9-5-7-1-2-8(11(18)19)6-10(7)21-9/h1-2,5-6H,3-4H2,(H,17,20)(H,18,19). The van der Waals surface area contributed by atoms with E-state index in [4.69, 9.17) is 9.52 Å². The summed E-state index contributed by atoms with van der Waals surface area (Å²) in [5, 5.41) is 11.2. The third kappa shape index (κ3) is 3.53. The van der Waals surface area contributed by atoms with Gasteiger partial charge < -0.3 is 14.8 Å². The number of nitrogens with one attached hydrogen (secondary N) is 1. The predicted octanol–water partition coefficient (Wildman–Crippen LogP) is 2.35. The molecule has 5 nitrogen and oxygen atoms in total. The number of hydrogen-bond acceptors (Lipinski definition) is 3. The van der Waals surface area contributed by atoms with Gasteiger partial charge in [0.15, 0.2) is 0 Å². The Hall–Kier alpha value is -2.51. The van der Waals surface area contributed by atoms with Gasteiger partial charge in [-0.05, 0) is 18.2 Å². The van der Waals surface area contributed by atoms with E-state index in [9.17, 15) is 22.8 Å². The minimum Gasteiger partial charge on any atom is -0.478 e. The van der Waals surface area contributed by atoms with Gasteiger partial charge in [0.1, 0.15) is 11.3 Å². The zero-order chi connectivity index (χ0) is 15.6. The lowest BCUT2D eigenvalue weighted by atomic mass is 10.1. The van der Waals surface area contributed by atoms with Gasteiger partial charge >= 0.3 is 18.1 Å². The Morgan fingerprint density at radius 1 is 1.24 bits per heavy atom. The lowest BCUT2D eigenvalue weighted by Gasteiger charge is -2.06. The van der Waals surface area contributed by atoms with Crippen molar-refractivity contribution in [2.24, 2.45) is 0 Å². The summed E-state index contributed by atoms with van der Waals surface area (Å²) in [6.07, 6.45) is -4.84. The van der Waals surface area contributed by atoms with Crippen LogP contribution in [0.2, 0.25) is 0 Å². The Kier molecular flexibility index (Phi) is 3.88. The zero-order valence-electron chi connectivity index (χ0n) is 10.5. The number of rotatable bonds is 4. The summed E-state index contributed by atoms with van der Waals surface area (Å²) < 4.78 is 41.2. The minimum absolute atomic E-state index is 0.0498. The highest BCUT2D eigenvalue weighted by Crippen LogP contribution is 2.21. The number of hydrogen-bond donors (Lipinski definition) is 2. The van der Waals surface area contributed by atoms with Gasteiger partial charge in [-0.2, -0.15) is 13.2 Å². The lowest BCUT2D eigenvalue weighted by molar-refractivity contribution is -0.173. The van der Waals surface area contributed by atoms with Crippen LogP contribution < -0.4 is 5.32 Å². The lowest BCUT2D eigenvalue weighted by Crippen LogP contribution is -2.37. The quantitative estimate of drug-likeness (QED) is 0.908. The molecule has 1 heterocycles. The number of aromatic carboxylic acids is 1. The summed E-state index contributed by atoms with van der Waals surface area (Å²) in [6, 6.07) is 5.85. The summed E-state index contributed by atoms with van der Waals surface area (Å²) in [4.78, 5) is 21.4. The summed E-state index contributed by atoms with van der Waals surface area (Å²) in [5.74, 6) is -2.76. The molecule has 1 amide bonds. The molecular formula is C13H10F3NO4. The zero-order valence-corrected chi connectivity index (χ0v) is 10.5. The third-order valence-corrected chi connectivity index (χ3v) is 2.73. The number of amides is 1. The van der Waals surface area contributed by atoms with Gasteiger partial charge in [-0.3, -0.25) is 4.79 Å². The van der Waals surface area contributed by atoms with Crippen LogP contribution in [0.3, 0.4) is 0 Å². The monoisotopic (exact) mass is 301 g/mol. The van der Waals surface area contributed by atoms with Crippen molar-refractivity contribution in [2.45, 2.75) is 12.6 Å². The highest BCUT2D eigenvalue weighted by Gasteiger charge is 2.38. The Morgan fingerprint density at radius 2 is 1.95 bits per heavy atom. The number of carbonyl (C=O) groups is 2. The maximum Gasteiger partial charge on any atom is 0.471 e. The molecule has 112 valence electrons. The van der Waals surface area contributed by atoms with E-state index in [1.54, 1.807) is 17.4 Å². The first-order chi connectivity index (χ1) is 9.77. The highest BCUT2D eigenvalue weighted by atomic mass is 19.4. The molecule has 2 aromatic rings. The number of furan rings is 1. The van der Waals surface area contributed by atoms with E-state index >= 15 is 0 Å². The van der Waals surface area contributed by atoms with Crippen LogP contribution in [0.5, 0.6) is 0 Å². The van der Waals surface area contributed by atoms with Crippen molar-refractivity contribution in [3.05, 3.63) is 35.6 Å². The van der Waals surface area contributed by atoms with Crippen LogP contribution in [0, 0.1) is 0 Å². The normalized spacial score (nSPS) is 11.6. The number of benzene rings is 1. The molecule has 2 rings (SSSR count). The average Bonchev–Trinajstić information content (AvgIpc) is 2.78. The predicted molar refractivity (Wildman–Crippen MR) is 65.9 cm³/mol. The number of alkyl halides is 3. The van der Waals surface area contributed by atoms with Crippen LogP contribution in [-0.2, 0) is 11.2 Å². The van der Waals surface area contributed by atoms with Crippen LogP contribution >= 0.6 is 0 Å². The van der Waals surface area contributed by atoms with Gasteiger partial charge in [-0.1, -0.05) is 6.07 Å². The molecule has 1 aromatic carbocycles. The van der Waals surface area contributed by atoms with Gasteiger partial charge in [-0.15, -0.1) is 0 Å². The van der Waals surface area contributed by atoms with Gasteiger partial charge in [-0.25, -0.2) is 4.79 Å². The first-order valence-electron chi connectivity index (χ1n) is 5.88. The number of fused-ring (bicyclic) bond motifs is 1. The summed E-state index contributed by atoms with van der Waals surface area (Å²) in [6.45, 7) is -0.232. The van der Waals surface area contributed by atoms with E-state index in [1.807, 2.05) is 0 Å². The van der Waals surface area contributed by atoms with Crippen molar-refractivity contribution in [1.82, 2.24) is 5.32 Å². The molecule has 0 aliphatic heterocycles. The van der Waals surface area contributed by atoms with Crippen molar-refractivity contribution in [2.75, 3.05) is 6.54 Å². The molecule has 0 unspecified atom stereocenters. The van der Waals surface area contributed by atoms with E-state index in [2.05, 4.69) is 0 Å². The molecule has 0 spiro atoms. The maximum absolute atomic E-state index is 12.0. The number of carbonyl (C=O) groups excluding carboxylic acids is 1. The second-order valence-electron chi connectivity index (χ2n) is 4.27. The number of carboxylic acids is 1. The van der Waals surface area contributed by atoms with E-state index in [0.29, 0.717) is 16.7 Å². The fraction of sp³-hybridized carbons (Fsp3) is 0.231. The Balaban J connectivity index is 2.03. The molecule has 0 aliphatic rings. The van der Waals surface area contributed by atoms with Crippen LogP contribution in [0.1, 0.15) is 16.1 Å². The van der Waals surface area contributed by atoms with Crippen molar-refractivity contribution in [1.29, 1.82) is 0 Å². The van der Waals surface area contributed by atoms with E-state index in [1.165, 1.54) is 12.1 Å². The van der Waals surface area contributed by atoms with Gasteiger partial charge in [0.25, 0.3) is 0 Å². The highest BCUT2D eigenvalue weighted by molar-refractivity contribution is 5.92. The molecule has 0 fully saturated rings. The Bertz CT molecular complexity index is 690. The fourth-order valence-corrected chi connectivity index (χ4v) is 1.74. The van der Waals surface area contributed by atoms with E-state index in [0.717, 1.165) is 0 Å². The molecule has 2 N–H and O–H groups in total.